The van der Waals surface area contributed by atoms with Gasteiger partial charge in [-0.15, -0.1) is 0 Å². The van der Waals surface area contributed by atoms with E-state index in [4.69, 9.17) is 4.74 Å². The molecule has 0 spiro atoms. The lowest BCUT2D eigenvalue weighted by Gasteiger charge is -2.60. The van der Waals surface area contributed by atoms with Gasteiger partial charge in [-0.2, -0.15) is 0 Å². The Balaban J connectivity index is 1.49. The normalized spacial score (nSPS) is 37.9. The fourth-order valence-corrected chi connectivity index (χ4v) is 5.48. The van der Waals surface area contributed by atoms with Crippen molar-refractivity contribution < 1.29 is 19.4 Å². The van der Waals surface area contributed by atoms with Crippen LogP contribution >= 0.6 is 0 Å². The second-order valence-corrected chi connectivity index (χ2v) is 8.72. The smallest absolute Gasteiger partial charge is 0.306 e. The Kier molecular flexibility index (Phi) is 4.43. The SMILES string of the molecule is CC(C)CNC(=O)COC(=O)CC12C[C@@H]3C[C@H](CC(O)(C3)C1)C2. The maximum absolute atomic E-state index is 12.2. The molecule has 4 fully saturated rings. The van der Waals surface area contributed by atoms with E-state index in [0.29, 0.717) is 30.7 Å². The molecule has 2 atom stereocenters. The van der Waals surface area contributed by atoms with Gasteiger partial charge in [0, 0.05) is 6.54 Å². The highest BCUT2D eigenvalue weighted by Crippen LogP contribution is 2.62. The topological polar surface area (TPSA) is 75.6 Å². The molecule has 4 saturated carbocycles. The number of rotatable bonds is 6. The molecule has 0 saturated heterocycles. The van der Waals surface area contributed by atoms with Crippen molar-refractivity contribution in [3.05, 3.63) is 0 Å². The Morgan fingerprint density at radius 1 is 1.22 bits per heavy atom. The summed E-state index contributed by atoms with van der Waals surface area (Å²) in [5.41, 5.74) is -0.649. The van der Waals surface area contributed by atoms with Gasteiger partial charge in [-0.1, -0.05) is 13.8 Å². The van der Waals surface area contributed by atoms with Crippen LogP contribution in [0.1, 0.15) is 58.8 Å². The van der Waals surface area contributed by atoms with Crippen molar-refractivity contribution in [2.24, 2.45) is 23.2 Å². The molecule has 130 valence electrons. The summed E-state index contributed by atoms with van der Waals surface area (Å²) < 4.78 is 5.18. The fraction of sp³-hybridized carbons (Fsp3) is 0.889. The summed E-state index contributed by atoms with van der Waals surface area (Å²) in [6.07, 6.45) is 6.13. The average molecular weight is 323 g/mol. The highest BCUT2D eigenvalue weighted by atomic mass is 16.5. The predicted octanol–water partition coefficient (Wildman–Crippen LogP) is 2.02. The lowest BCUT2D eigenvalue weighted by molar-refractivity contribution is -0.177. The zero-order chi connectivity index (χ0) is 16.7. The van der Waals surface area contributed by atoms with E-state index in [9.17, 15) is 14.7 Å². The van der Waals surface area contributed by atoms with Crippen molar-refractivity contribution in [2.75, 3.05) is 13.2 Å². The molecular formula is C18H29NO4. The molecule has 5 nitrogen and oxygen atoms in total. The molecule has 0 radical (unpaired) electrons. The van der Waals surface area contributed by atoms with Gasteiger partial charge in [0.15, 0.2) is 6.61 Å². The number of ether oxygens (including phenoxy) is 1. The van der Waals surface area contributed by atoms with Crippen molar-refractivity contribution in [3.8, 4) is 0 Å². The van der Waals surface area contributed by atoms with Crippen LogP contribution < -0.4 is 5.32 Å². The lowest BCUT2D eigenvalue weighted by atomic mass is 9.47. The van der Waals surface area contributed by atoms with E-state index in [0.717, 1.165) is 32.1 Å². The Bertz CT molecular complexity index is 473. The fourth-order valence-electron chi connectivity index (χ4n) is 5.48. The van der Waals surface area contributed by atoms with Crippen molar-refractivity contribution in [2.45, 2.75) is 64.4 Å². The van der Waals surface area contributed by atoms with Crippen molar-refractivity contribution in [3.63, 3.8) is 0 Å². The number of amides is 1. The lowest BCUT2D eigenvalue weighted by Crippen LogP contribution is -2.56. The Morgan fingerprint density at radius 3 is 2.43 bits per heavy atom. The van der Waals surface area contributed by atoms with Crippen LogP contribution in [0.5, 0.6) is 0 Å². The van der Waals surface area contributed by atoms with E-state index in [2.05, 4.69) is 5.32 Å². The summed E-state index contributed by atoms with van der Waals surface area (Å²) in [5, 5.41) is 13.5. The van der Waals surface area contributed by atoms with Crippen molar-refractivity contribution in [1.29, 1.82) is 0 Å². The standard InChI is InChI=1S/C18H29NO4/c1-12(2)9-19-15(20)10-23-16(21)8-17-4-13-3-14(5-17)7-18(22,6-13)11-17/h12-14,22H,3-11H2,1-2H3,(H,19,20)/t13-,14-,17?,18?/m0/s1. The monoisotopic (exact) mass is 323 g/mol. The third-order valence-electron chi connectivity index (χ3n) is 5.74. The number of hydrogen-bond acceptors (Lipinski definition) is 4. The quantitative estimate of drug-likeness (QED) is 0.733. The zero-order valence-electron chi connectivity index (χ0n) is 14.3. The van der Waals surface area contributed by atoms with Gasteiger partial charge in [-0.3, -0.25) is 9.59 Å². The van der Waals surface area contributed by atoms with E-state index in [1.807, 2.05) is 13.8 Å². The van der Waals surface area contributed by atoms with E-state index in [1.165, 1.54) is 6.42 Å². The number of carbonyl (C=O) groups excluding carboxylic acids is 2. The summed E-state index contributed by atoms with van der Waals surface area (Å²) in [6.45, 7) is 4.43. The molecule has 4 bridgehead atoms. The molecule has 23 heavy (non-hydrogen) atoms. The first-order valence-corrected chi connectivity index (χ1v) is 8.92. The maximum atomic E-state index is 12.2. The first kappa shape index (κ1) is 16.7. The third-order valence-corrected chi connectivity index (χ3v) is 5.74. The average Bonchev–Trinajstić information content (AvgIpc) is 2.39. The molecule has 0 aromatic rings. The minimum absolute atomic E-state index is 0.0929. The number of nitrogens with one attached hydrogen (secondary N) is 1. The predicted molar refractivity (Wildman–Crippen MR) is 85.5 cm³/mol. The molecule has 4 rings (SSSR count). The summed E-state index contributed by atoms with van der Waals surface area (Å²) in [6, 6.07) is 0. The van der Waals surface area contributed by atoms with Crippen LogP contribution in [0.2, 0.25) is 0 Å². The molecule has 0 unspecified atom stereocenters. The van der Waals surface area contributed by atoms with E-state index in [1.54, 1.807) is 0 Å². The number of carbonyl (C=O) groups is 2. The first-order valence-electron chi connectivity index (χ1n) is 8.92. The molecule has 4 aliphatic rings. The maximum Gasteiger partial charge on any atom is 0.306 e. The van der Waals surface area contributed by atoms with Crippen LogP contribution in [0.25, 0.3) is 0 Å². The molecule has 2 N–H and O–H groups in total. The van der Waals surface area contributed by atoms with E-state index < -0.39 is 5.60 Å². The van der Waals surface area contributed by atoms with Gasteiger partial charge in [-0.25, -0.2) is 0 Å². The van der Waals surface area contributed by atoms with Gasteiger partial charge < -0.3 is 15.2 Å². The Labute approximate surface area is 138 Å². The highest BCUT2D eigenvalue weighted by Gasteiger charge is 2.57. The Hall–Kier alpha value is -1.10. The van der Waals surface area contributed by atoms with E-state index in [-0.39, 0.29) is 23.9 Å². The highest BCUT2D eigenvalue weighted by molar-refractivity contribution is 5.80. The minimum atomic E-state index is -0.557. The summed E-state index contributed by atoms with van der Waals surface area (Å²) in [7, 11) is 0. The van der Waals surface area contributed by atoms with E-state index >= 15 is 0 Å². The van der Waals surface area contributed by atoms with Crippen LogP contribution in [0.3, 0.4) is 0 Å². The third kappa shape index (κ3) is 3.87. The van der Waals surface area contributed by atoms with Gasteiger partial charge in [0.05, 0.1) is 12.0 Å². The summed E-state index contributed by atoms with van der Waals surface area (Å²) >= 11 is 0. The van der Waals surface area contributed by atoms with Crippen molar-refractivity contribution in [1.82, 2.24) is 5.32 Å². The number of hydrogen-bond donors (Lipinski definition) is 2. The van der Waals surface area contributed by atoms with Crippen LogP contribution in [0.4, 0.5) is 0 Å². The van der Waals surface area contributed by atoms with Gasteiger partial charge in [0.2, 0.25) is 0 Å². The van der Waals surface area contributed by atoms with Gasteiger partial charge in [0.25, 0.3) is 5.91 Å². The minimum Gasteiger partial charge on any atom is -0.456 e. The largest absolute Gasteiger partial charge is 0.456 e. The number of esters is 1. The van der Waals surface area contributed by atoms with Gasteiger partial charge >= 0.3 is 5.97 Å². The Morgan fingerprint density at radius 2 is 1.87 bits per heavy atom. The molecular weight excluding hydrogens is 294 g/mol. The molecule has 5 heteroatoms. The van der Waals surface area contributed by atoms with Crippen molar-refractivity contribution >= 4 is 11.9 Å². The number of aliphatic hydroxyl groups is 1. The van der Waals surface area contributed by atoms with Crippen LogP contribution in [0.15, 0.2) is 0 Å². The molecule has 0 heterocycles. The van der Waals surface area contributed by atoms with Crippen LogP contribution in [-0.4, -0.2) is 35.7 Å². The first-order chi connectivity index (χ1) is 10.8. The van der Waals surface area contributed by atoms with Crippen LogP contribution in [0, 0.1) is 23.2 Å². The second kappa shape index (κ2) is 6.08. The van der Waals surface area contributed by atoms with Crippen LogP contribution in [-0.2, 0) is 14.3 Å². The summed E-state index contributed by atoms with van der Waals surface area (Å²) in [4.78, 5) is 23.8. The molecule has 0 aromatic heterocycles. The van der Waals surface area contributed by atoms with Gasteiger partial charge in [-0.05, 0) is 61.7 Å². The second-order valence-electron chi connectivity index (χ2n) is 8.72. The van der Waals surface area contributed by atoms with Gasteiger partial charge in [0.1, 0.15) is 0 Å². The molecule has 0 aliphatic heterocycles. The zero-order valence-corrected chi connectivity index (χ0v) is 14.3. The molecule has 1 amide bonds. The molecule has 0 aromatic carbocycles. The summed E-state index contributed by atoms with van der Waals surface area (Å²) in [5.74, 6) is 0.959. The molecule has 4 aliphatic carbocycles.